The standard InChI is InChI=1S/C14H13FN2O3S/c1-9-2-7-12(21(16,19)20)8-13(9)14(18)17-11-5-3-10(15)4-6-11/h2-8H,1H3,(H,17,18)(H2,16,19,20). The van der Waals surface area contributed by atoms with E-state index in [2.05, 4.69) is 5.32 Å². The lowest BCUT2D eigenvalue weighted by Crippen LogP contribution is -2.17. The summed E-state index contributed by atoms with van der Waals surface area (Å²) in [5.41, 5.74) is 1.19. The summed E-state index contributed by atoms with van der Waals surface area (Å²) < 4.78 is 35.4. The molecule has 0 aliphatic heterocycles. The number of rotatable bonds is 3. The lowest BCUT2D eigenvalue weighted by atomic mass is 10.1. The SMILES string of the molecule is Cc1ccc(S(N)(=O)=O)cc1C(=O)Nc1ccc(F)cc1. The molecular weight excluding hydrogens is 295 g/mol. The summed E-state index contributed by atoms with van der Waals surface area (Å²) in [5.74, 6) is -0.912. The third-order valence-electron chi connectivity index (χ3n) is 2.88. The summed E-state index contributed by atoms with van der Waals surface area (Å²) in [5, 5.41) is 7.61. The van der Waals surface area contributed by atoms with E-state index in [4.69, 9.17) is 5.14 Å². The number of amides is 1. The molecular formula is C14H13FN2O3S. The first-order valence-corrected chi connectivity index (χ1v) is 7.52. The van der Waals surface area contributed by atoms with E-state index in [0.29, 0.717) is 11.3 Å². The number of benzene rings is 2. The Balaban J connectivity index is 2.32. The molecule has 0 aliphatic carbocycles. The summed E-state index contributed by atoms with van der Waals surface area (Å²) >= 11 is 0. The van der Waals surface area contributed by atoms with Gasteiger partial charge in [-0.3, -0.25) is 4.79 Å². The molecule has 21 heavy (non-hydrogen) atoms. The predicted molar refractivity (Wildman–Crippen MR) is 76.9 cm³/mol. The van der Waals surface area contributed by atoms with Gasteiger partial charge in [-0.15, -0.1) is 0 Å². The molecule has 0 fully saturated rings. The second-order valence-electron chi connectivity index (χ2n) is 4.48. The third-order valence-corrected chi connectivity index (χ3v) is 3.80. The van der Waals surface area contributed by atoms with Crippen LogP contribution in [0.5, 0.6) is 0 Å². The van der Waals surface area contributed by atoms with Gasteiger partial charge >= 0.3 is 0 Å². The number of nitrogens with one attached hydrogen (secondary N) is 1. The number of aryl methyl sites for hydroxylation is 1. The van der Waals surface area contributed by atoms with Crippen LogP contribution in [0.2, 0.25) is 0 Å². The Morgan fingerprint density at radius 1 is 1.14 bits per heavy atom. The number of carbonyl (C=O) groups excluding carboxylic acids is 1. The van der Waals surface area contributed by atoms with E-state index in [1.165, 1.54) is 42.5 Å². The first-order chi connectivity index (χ1) is 9.77. The fraction of sp³-hybridized carbons (Fsp3) is 0.0714. The van der Waals surface area contributed by atoms with Crippen LogP contribution in [0.3, 0.4) is 0 Å². The fourth-order valence-corrected chi connectivity index (χ4v) is 2.29. The Hall–Kier alpha value is -2.25. The molecule has 2 aromatic carbocycles. The van der Waals surface area contributed by atoms with Gasteiger partial charge in [0, 0.05) is 11.3 Å². The van der Waals surface area contributed by atoms with Crippen molar-refractivity contribution in [3.8, 4) is 0 Å². The van der Waals surface area contributed by atoms with Gasteiger partial charge in [0.05, 0.1) is 4.90 Å². The molecule has 1 amide bonds. The second-order valence-corrected chi connectivity index (χ2v) is 6.04. The van der Waals surface area contributed by atoms with Gasteiger partial charge in [-0.1, -0.05) is 6.07 Å². The van der Waals surface area contributed by atoms with Crippen LogP contribution in [-0.2, 0) is 10.0 Å². The number of hydrogen-bond acceptors (Lipinski definition) is 3. The van der Waals surface area contributed by atoms with Crippen LogP contribution in [0.4, 0.5) is 10.1 Å². The highest BCUT2D eigenvalue weighted by Gasteiger charge is 2.15. The van der Waals surface area contributed by atoms with Crippen LogP contribution in [0.15, 0.2) is 47.4 Å². The van der Waals surface area contributed by atoms with Crippen molar-refractivity contribution in [1.82, 2.24) is 0 Å². The summed E-state index contributed by atoms with van der Waals surface area (Å²) in [7, 11) is -3.88. The molecule has 110 valence electrons. The van der Waals surface area contributed by atoms with Crippen molar-refractivity contribution in [2.45, 2.75) is 11.8 Å². The number of hydrogen-bond donors (Lipinski definition) is 2. The van der Waals surface area contributed by atoms with Gasteiger partial charge in [-0.2, -0.15) is 0 Å². The van der Waals surface area contributed by atoms with E-state index < -0.39 is 21.7 Å². The Bertz CT molecular complexity index is 786. The van der Waals surface area contributed by atoms with Gasteiger partial charge in [-0.05, 0) is 48.9 Å². The van der Waals surface area contributed by atoms with Crippen molar-refractivity contribution in [3.05, 3.63) is 59.4 Å². The molecule has 0 aliphatic rings. The van der Waals surface area contributed by atoms with Crippen molar-refractivity contribution in [2.24, 2.45) is 5.14 Å². The Morgan fingerprint density at radius 3 is 2.33 bits per heavy atom. The van der Waals surface area contributed by atoms with E-state index >= 15 is 0 Å². The number of anilines is 1. The third kappa shape index (κ3) is 3.65. The van der Waals surface area contributed by atoms with Crippen molar-refractivity contribution < 1.29 is 17.6 Å². The molecule has 7 heteroatoms. The summed E-state index contributed by atoms with van der Waals surface area (Å²) in [6.45, 7) is 1.67. The Labute approximate surface area is 121 Å². The molecule has 0 aromatic heterocycles. The maximum atomic E-state index is 12.8. The number of halogens is 1. The van der Waals surface area contributed by atoms with Crippen LogP contribution in [-0.4, -0.2) is 14.3 Å². The molecule has 3 N–H and O–H groups in total. The quantitative estimate of drug-likeness (QED) is 0.909. The van der Waals surface area contributed by atoms with E-state index in [9.17, 15) is 17.6 Å². The highest BCUT2D eigenvalue weighted by Crippen LogP contribution is 2.17. The minimum atomic E-state index is -3.88. The fourth-order valence-electron chi connectivity index (χ4n) is 1.75. The molecule has 0 spiro atoms. The Kier molecular flexibility index (Phi) is 4.06. The van der Waals surface area contributed by atoms with Gasteiger partial charge in [0.15, 0.2) is 0 Å². The second kappa shape index (κ2) is 5.63. The zero-order valence-electron chi connectivity index (χ0n) is 11.1. The molecule has 5 nitrogen and oxygen atoms in total. The van der Waals surface area contributed by atoms with E-state index in [1.807, 2.05) is 0 Å². The average Bonchev–Trinajstić information content (AvgIpc) is 2.40. The summed E-state index contributed by atoms with van der Waals surface area (Å²) in [4.78, 5) is 12.0. The van der Waals surface area contributed by atoms with Crippen molar-refractivity contribution in [3.63, 3.8) is 0 Å². The van der Waals surface area contributed by atoms with Gasteiger partial charge < -0.3 is 5.32 Å². The lowest BCUT2D eigenvalue weighted by molar-refractivity contribution is 0.102. The molecule has 2 rings (SSSR count). The first-order valence-electron chi connectivity index (χ1n) is 5.98. The van der Waals surface area contributed by atoms with Gasteiger partial charge in [0.1, 0.15) is 5.82 Å². The maximum absolute atomic E-state index is 12.8. The smallest absolute Gasteiger partial charge is 0.255 e. The molecule has 0 atom stereocenters. The lowest BCUT2D eigenvalue weighted by Gasteiger charge is -2.09. The van der Waals surface area contributed by atoms with E-state index in [1.54, 1.807) is 6.92 Å². The van der Waals surface area contributed by atoms with Gasteiger partial charge in [-0.25, -0.2) is 17.9 Å². The minimum absolute atomic E-state index is 0.141. The highest BCUT2D eigenvalue weighted by molar-refractivity contribution is 7.89. The van der Waals surface area contributed by atoms with Crippen LogP contribution in [0.1, 0.15) is 15.9 Å². The van der Waals surface area contributed by atoms with Crippen LogP contribution in [0, 0.1) is 12.7 Å². The predicted octanol–water partition coefficient (Wildman–Crippen LogP) is 2.03. The van der Waals surface area contributed by atoms with Crippen LogP contribution in [0.25, 0.3) is 0 Å². The van der Waals surface area contributed by atoms with Crippen molar-refractivity contribution in [2.75, 3.05) is 5.32 Å². The number of nitrogens with two attached hydrogens (primary N) is 1. The molecule has 0 bridgehead atoms. The summed E-state index contributed by atoms with van der Waals surface area (Å²) in [6, 6.07) is 9.28. The van der Waals surface area contributed by atoms with Gasteiger partial charge in [0.2, 0.25) is 10.0 Å². The zero-order chi connectivity index (χ0) is 15.6. The number of primary sulfonamides is 1. The van der Waals surface area contributed by atoms with Crippen LogP contribution >= 0.6 is 0 Å². The normalized spacial score (nSPS) is 11.2. The maximum Gasteiger partial charge on any atom is 0.255 e. The largest absolute Gasteiger partial charge is 0.322 e. The molecule has 0 radical (unpaired) electrons. The molecule has 0 saturated heterocycles. The highest BCUT2D eigenvalue weighted by atomic mass is 32.2. The zero-order valence-corrected chi connectivity index (χ0v) is 11.9. The molecule has 0 heterocycles. The van der Waals surface area contributed by atoms with E-state index in [0.717, 1.165) is 0 Å². The first kappa shape index (κ1) is 15.1. The number of sulfonamides is 1. The molecule has 2 aromatic rings. The topological polar surface area (TPSA) is 89.3 Å². The van der Waals surface area contributed by atoms with E-state index in [-0.39, 0.29) is 10.5 Å². The minimum Gasteiger partial charge on any atom is -0.322 e. The molecule has 0 saturated carbocycles. The number of carbonyl (C=O) groups is 1. The average molecular weight is 308 g/mol. The Morgan fingerprint density at radius 2 is 1.76 bits per heavy atom. The van der Waals surface area contributed by atoms with Crippen LogP contribution < -0.4 is 10.5 Å². The summed E-state index contributed by atoms with van der Waals surface area (Å²) in [6.07, 6.45) is 0. The molecule has 0 unspecified atom stereocenters. The monoisotopic (exact) mass is 308 g/mol. The van der Waals surface area contributed by atoms with Crippen molar-refractivity contribution in [1.29, 1.82) is 0 Å². The van der Waals surface area contributed by atoms with Crippen molar-refractivity contribution >= 4 is 21.6 Å². The van der Waals surface area contributed by atoms with Gasteiger partial charge in [0.25, 0.3) is 5.91 Å².